The van der Waals surface area contributed by atoms with Gasteiger partial charge in [-0.2, -0.15) is 0 Å². The summed E-state index contributed by atoms with van der Waals surface area (Å²) in [5, 5.41) is 5.51. The number of aryl methyl sites for hydroxylation is 2. The highest BCUT2D eigenvalue weighted by atomic mass is 16.3. The van der Waals surface area contributed by atoms with E-state index in [1.807, 2.05) is 32.0 Å². The number of nitrogens with one attached hydrogen (secondary N) is 2. The third-order valence-electron chi connectivity index (χ3n) is 5.47. The number of amides is 3. The van der Waals surface area contributed by atoms with Gasteiger partial charge in [0.15, 0.2) is 0 Å². The van der Waals surface area contributed by atoms with Crippen molar-refractivity contribution in [1.29, 1.82) is 0 Å². The molecule has 33 heavy (non-hydrogen) atoms. The summed E-state index contributed by atoms with van der Waals surface area (Å²) in [6.45, 7) is 4.52. The average molecular weight is 444 g/mol. The molecular weight excluding hydrogens is 418 g/mol. The molecule has 2 N–H and O–H groups in total. The quantitative estimate of drug-likeness (QED) is 0.551. The van der Waals surface area contributed by atoms with Crippen LogP contribution in [0.2, 0.25) is 0 Å². The number of rotatable bonds is 6. The van der Waals surface area contributed by atoms with Crippen LogP contribution in [0.4, 0.5) is 11.4 Å². The smallest absolute Gasteiger partial charge is 0.272 e. The highest BCUT2D eigenvalue weighted by Crippen LogP contribution is 2.28. The monoisotopic (exact) mass is 443 g/mol. The van der Waals surface area contributed by atoms with Crippen molar-refractivity contribution in [3.8, 4) is 0 Å². The van der Waals surface area contributed by atoms with Gasteiger partial charge in [-0.25, -0.2) is 0 Å². The van der Waals surface area contributed by atoms with E-state index in [-0.39, 0.29) is 11.6 Å². The van der Waals surface area contributed by atoms with Gasteiger partial charge >= 0.3 is 0 Å². The topological polar surface area (TPSA) is 91.7 Å². The molecule has 0 bridgehead atoms. The summed E-state index contributed by atoms with van der Waals surface area (Å²) < 4.78 is 5.33. The molecule has 0 saturated carbocycles. The molecule has 1 fully saturated rings. The maximum atomic E-state index is 13.1. The Labute approximate surface area is 192 Å². The van der Waals surface area contributed by atoms with Crippen LogP contribution in [0.1, 0.15) is 40.1 Å². The Morgan fingerprint density at radius 2 is 1.85 bits per heavy atom. The molecule has 7 nitrogen and oxygen atoms in total. The Morgan fingerprint density at radius 1 is 1.06 bits per heavy atom. The number of furan rings is 1. The molecule has 1 saturated heterocycles. The SMILES string of the molecule is Cc1ccc(C(=O)N/C(=C\c2ccco2)C(=O)Nc2ccc(C)c(N3CCCC3=O)c2)cc1. The van der Waals surface area contributed by atoms with E-state index >= 15 is 0 Å². The highest BCUT2D eigenvalue weighted by Gasteiger charge is 2.24. The van der Waals surface area contributed by atoms with Crippen molar-refractivity contribution >= 4 is 35.2 Å². The van der Waals surface area contributed by atoms with Crippen molar-refractivity contribution in [2.45, 2.75) is 26.7 Å². The lowest BCUT2D eigenvalue weighted by Crippen LogP contribution is -2.31. The van der Waals surface area contributed by atoms with Crippen LogP contribution in [0, 0.1) is 13.8 Å². The molecule has 1 aliphatic heterocycles. The standard InChI is InChI=1S/C26H25N3O4/c1-17-7-10-19(11-8-17)25(31)28-22(16-21-5-4-14-33-21)26(32)27-20-12-9-18(2)23(15-20)29-13-3-6-24(29)30/h4-5,7-12,14-16H,3,6,13H2,1-2H3,(H,27,32)(H,28,31)/b22-16-. The Kier molecular flexibility index (Phi) is 6.40. The molecule has 2 aromatic carbocycles. The van der Waals surface area contributed by atoms with E-state index in [2.05, 4.69) is 10.6 Å². The Balaban J connectivity index is 1.57. The number of nitrogens with zero attached hydrogens (tertiary/aromatic N) is 1. The van der Waals surface area contributed by atoms with Crippen LogP contribution in [0.3, 0.4) is 0 Å². The summed E-state index contributed by atoms with van der Waals surface area (Å²) in [6.07, 6.45) is 4.30. The summed E-state index contributed by atoms with van der Waals surface area (Å²) in [5.41, 5.74) is 3.74. The van der Waals surface area contributed by atoms with Crippen molar-refractivity contribution in [2.24, 2.45) is 0 Å². The largest absolute Gasteiger partial charge is 0.465 e. The molecule has 3 amide bonds. The zero-order valence-corrected chi connectivity index (χ0v) is 18.6. The summed E-state index contributed by atoms with van der Waals surface area (Å²) in [7, 11) is 0. The first-order valence-corrected chi connectivity index (χ1v) is 10.8. The van der Waals surface area contributed by atoms with Gasteiger partial charge in [0.25, 0.3) is 11.8 Å². The van der Waals surface area contributed by atoms with Crippen LogP contribution in [-0.4, -0.2) is 24.3 Å². The minimum absolute atomic E-state index is 0.0369. The first kappa shape index (κ1) is 22.1. The van der Waals surface area contributed by atoms with E-state index < -0.39 is 11.8 Å². The summed E-state index contributed by atoms with van der Waals surface area (Å²) >= 11 is 0. The van der Waals surface area contributed by atoms with E-state index in [4.69, 9.17) is 4.42 Å². The molecule has 0 radical (unpaired) electrons. The lowest BCUT2D eigenvalue weighted by Gasteiger charge is -2.20. The number of carbonyl (C=O) groups excluding carboxylic acids is 3. The second-order valence-corrected chi connectivity index (χ2v) is 8.00. The molecule has 4 rings (SSSR count). The maximum Gasteiger partial charge on any atom is 0.272 e. The van der Waals surface area contributed by atoms with Gasteiger partial charge in [-0.15, -0.1) is 0 Å². The van der Waals surface area contributed by atoms with E-state index in [0.29, 0.717) is 30.0 Å². The lowest BCUT2D eigenvalue weighted by molar-refractivity contribution is -0.117. The molecule has 0 spiro atoms. The minimum Gasteiger partial charge on any atom is -0.465 e. The maximum absolute atomic E-state index is 13.1. The summed E-state index contributed by atoms with van der Waals surface area (Å²) in [4.78, 5) is 39.8. The van der Waals surface area contributed by atoms with Crippen LogP contribution in [0.5, 0.6) is 0 Å². The van der Waals surface area contributed by atoms with Gasteiger partial charge in [0.2, 0.25) is 5.91 Å². The van der Waals surface area contributed by atoms with Crippen molar-refractivity contribution in [3.63, 3.8) is 0 Å². The van der Waals surface area contributed by atoms with E-state index in [9.17, 15) is 14.4 Å². The van der Waals surface area contributed by atoms with Crippen LogP contribution < -0.4 is 15.5 Å². The minimum atomic E-state index is -0.505. The summed E-state index contributed by atoms with van der Waals surface area (Å²) in [6, 6.07) is 15.9. The van der Waals surface area contributed by atoms with Crippen molar-refractivity contribution in [1.82, 2.24) is 5.32 Å². The Hall–Kier alpha value is -4.13. The third-order valence-corrected chi connectivity index (χ3v) is 5.47. The fourth-order valence-electron chi connectivity index (χ4n) is 3.65. The number of hydrogen-bond acceptors (Lipinski definition) is 4. The van der Waals surface area contributed by atoms with E-state index in [1.165, 1.54) is 12.3 Å². The van der Waals surface area contributed by atoms with Crippen LogP contribution in [0.15, 0.2) is 71.0 Å². The number of benzene rings is 2. The Bertz CT molecular complexity index is 1210. The second kappa shape index (κ2) is 9.56. The molecule has 0 aliphatic carbocycles. The van der Waals surface area contributed by atoms with Gasteiger partial charge < -0.3 is 20.0 Å². The normalized spacial score (nSPS) is 13.8. The van der Waals surface area contributed by atoms with Crippen molar-refractivity contribution < 1.29 is 18.8 Å². The van der Waals surface area contributed by atoms with Gasteiger partial charge in [-0.05, 0) is 62.2 Å². The Morgan fingerprint density at radius 3 is 2.52 bits per heavy atom. The molecule has 0 atom stereocenters. The number of anilines is 2. The zero-order chi connectivity index (χ0) is 23.4. The third kappa shape index (κ3) is 5.20. The van der Waals surface area contributed by atoms with Crippen LogP contribution >= 0.6 is 0 Å². The van der Waals surface area contributed by atoms with E-state index in [1.54, 1.807) is 41.3 Å². The molecule has 3 aromatic rings. The average Bonchev–Trinajstić information content (AvgIpc) is 3.46. The fourth-order valence-corrected chi connectivity index (χ4v) is 3.65. The molecule has 168 valence electrons. The van der Waals surface area contributed by atoms with Gasteiger partial charge in [0.05, 0.1) is 6.26 Å². The molecule has 0 unspecified atom stereocenters. The number of hydrogen-bond donors (Lipinski definition) is 2. The molecular formula is C26H25N3O4. The van der Waals surface area contributed by atoms with Gasteiger partial charge in [-0.3, -0.25) is 14.4 Å². The van der Waals surface area contributed by atoms with Crippen molar-refractivity contribution in [2.75, 3.05) is 16.8 Å². The van der Waals surface area contributed by atoms with Crippen LogP contribution in [0.25, 0.3) is 6.08 Å². The first-order chi connectivity index (χ1) is 15.9. The highest BCUT2D eigenvalue weighted by molar-refractivity contribution is 6.10. The fraction of sp³-hybridized carbons (Fsp3) is 0.192. The summed E-state index contributed by atoms with van der Waals surface area (Å²) in [5.74, 6) is -0.411. The lowest BCUT2D eigenvalue weighted by atomic mass is 10.1. The predicted octanol–water partition coefficient (Wildman–Crippen LogP) is 4.43. The van der Waals surface area contributed by atoms with Gasteiger partial charge in [0, 0.05) is 36.0 Å². The molecule has 2 heterocycles. The van der Waals surface area contributed by atoms with Gasteiger partial charge in [-0.1, -0.05) is 23.8 Å². The second-order valence-electron chi connectivity index (χ2n) is 8.00. The van der Waals surface area contributed by atoms with Crippen LogP contribution in [-0.2, 0) is 9.59 Å². The molecule has 1 aliphatic rings. The van der Waals surface area contributed by atoms with E-state index in [0.717, 1.165) is 23.2 Å². The number of carbonyl (C=O) groups is 3. The zero-order valence-electron chi connectivity index (χ0n) is 18.6. The van der Waals surface area contributed by atoms with Gasteiger partial charge in [0.1, 0.15) is 11.5 Å². The van der Waals surface area contributed by atoms with Crippen molar-refractivity contribution in [3.05, 3.63) is 89.0 Å². The molecule has 7 heteroatoms. The first-order valence-electron chi connectivity index (χ1n) is 10.8. The molecule has 1 aromatic heterocycles. The predicted molar refractivity (Wildman–Crippen MR) is 127 cm³/mol.